The minimum absolute atomic E-state index is 0.248. The molecule has 0 radical (unpaired) electrons. The fourth-order valence-corrected chi connectivity index (χ4v) is 2.75. The lowest BCUT2D eigenvalue weighted by atomic mass is 10.2. The van der Waals surface area contributed by atoms with Crippen molar-refractivity contribution < 1.29 is 23.8 Å². The van der Waals surface area contributed by atoms with Crippen LogP contribution in [0.15, 0.2) is 34.8 Å². The van der Waals surface area contributed by atoms with Crippen LogP contribution in [0.4, 0.5) is 5.69 Å². The van der Waals surface area contributed by atoms with Crippen molar-refractivity contribution in [3.8, 4) is 11.5 Å². The van der Waals surface area contributed by atoms with Crippen molar-refractivity contribution in [3.63, 3.8) is 0 Å². The third-order valence-corrected chi connectivity index (χ3v) is 4.94. The summed E-state index contributed by atoms with van der Waals surface area (Å²) in [6.07, 6.45) is 0. The normalized spacial score (nSPS) is 10.2. The Morgan fingerprint density at radius 1 is 1.12 bits per heavy atom. The molecule has 0 bridgehead atoms. The molecule has 0 aromatic heterocycles. The van der Waals surface area contributed by atoms with E-state index in [1.807, 2.05) is 0 Å². The Bertz CT molecular complexity index is 841. The second-order valence-corrected chi connectivity index (χ2v) is 6.46. The average Bonchev–Trinajstić information content (AvgIpc) is 2.65. The third kappa shape index (κ3) is 4.68. The molecule has 0 heterocycles. The van der Waals surface area contributed by atoms with E-state index in [4.69, 9.17) is 25.8 Å². The predicted molar refractivity (Wildman–Crippen MR) is 102 cm³/mol. The maximum absolute atomic E-state index is 12.1. The van der Waals surface area contributed by atoms with Crippen molar-refractivity contribution in [1.82, 2.24) is 0 Å². The average molecular weight is 443 g/mol. The zero-order chi connectivity index (χ0) is 19.3. The summed E-state index contributed by atoms with van der Waals surface area (Å²) in [6, 6.07) is 8.03. The molecule has 6 nitrogen and oxygen atoms in total. The molecule has 8 heteroatoms. The Morgan fingerprint density at radius 3 is 2.46 bits per heavy atom. The molecule has 0 aliphatic rings. The molecule has 138 valence electrons. The lowest BCUT2D eigenvalue weighted by Crippen LogP contribution is -2.21. The van der Waals surface area contributed by atoms with Crippen molar-refractivity contribution in [1.29, 1.82) is 0 Å². The van der Waals surface area contributed by atoms with Crippen molar-refractivity contribution in [2.45, 2.75) is 6.92 Å². The molecule has 2 aromatic rings. The van der Waals surface area contributed by atoms with Crippen LogP contribution in [0, 0.1) is 6.92 Å². The molecule has 0 aliphatic heterocycles. The van der Waals surface area contributed by atoms with Gasteiger partial charge in [0, 0.05) is 10.2 Å². The molecule has 2 aromatic carbocycles. The molecular formula is C18H17BrClNO5. The van der Waals surface area contributed by atoms with Gasteiger partial charge in [-0.05, 0) is 58.7 Å². The Balaban J connectivity index is 1.99. The topological polar surface area (TPSA) is 73.9 Å². The van der Waals surface area contributed by atoms with Crippen LogP contribution in [0.3, 0.4) is 0 Å². The van der Waals surface area contributed by atoms with E-state index in [1.165, 1.54) is 26.4 Å². The SMILES string of the molecule is COc1ccc(C(=O)OCC(=O)Nc2ccc(Br)c(Cl)c2C)cc1OC. The fourth-order valence-electron chi connectivity index (χ4n) is 2.15. The summed E-state index contributed by atoms with van der Waals surface area (Å²) >= 11 is 9.43. The molecule has 0 fully saturated rings. The van der Waals surface area contributed by atoms with Crippen LogP contribution < -0.4 is 14.8 Å². The van der Waals surface area contributed by atoms with Gasteiger partial charge in [0.05, 0.1) is 24.8 Å². The van der Waals surface area contributed by atoms with Crippen molar-refractivity contribution in [3.05, 3.63) is 51.0 Å². The van der Waals surface area contributed by atoms with Crippen LogP contribution in [0.1, 0.15) is 15.9 Å². The number of ether oxygens (including phenoxy) is 3. The van der Waals surface area contributed by atoms with E-state index in [-0.39, 0.29) is 5.56 Å². The highest BCUT2D eigenvalue weighted by Gasteiger charge is 2.15. The first-order valence-corrected chi connectivity index (χ1v) is 8.68. The van der Waals surface area contributed by atoms with Crippen molar-refractivity contribution in [2.24, 2.45) is 0 Å². The predicted octanol–water partition coefficient (Wildman–Crippen LogP) is 4.22. The van der Waals surface area contributed by atoms with Gasteiger partial charge in [-0.1, -0.05) is 11.6 Å². The van der Waals surface area contributed by atoms with Gasteiger partial charge < -0.3 is 19.5 Å². The first-order valence-electron chi connectivity index (χ1n) is 7.51. The number of anilines is 1. The summed E-state index contributed by atoms with van der Waals surface area (Å²) in [6.45, 7) is 1.35. The quantitative estimate of drug-likeness (QED) is 0.678. The first kappa shape index (κ1) is 20.1. The number of rotatable bonds is 6. The molecule has 0 unspecified atom stereocenters. The Morgan fingerprint density at radius 2 is 1.81 bits per heavy atom. The minimum atomic E-state index is -0.647. The molecule has 2 rings (SSSR count). The molecular weight excluding hydrogens is 426 g/mol. The maximum Gasteiger partial charge on any atom is 0.338 e. The summed E-state index contributed by atoms with van der Waals surface area (Å²) < 4.78 is 16.0. The van der Waals surface area contributed by atoms with E-state index in [2.05, 4.69) is 21.2 Å². The van der Waals surface area contributed by atoms with Crippen molar-refractivity contribution >= 4 is 45.1 Å². The number of nitrogens with one attached hydrogen (secondary N) is 1. The number of hydrogen-bond acceptors (Lipinski definition) is 5. The minimum Gasteiger partial charge on any atom is -0.493 e. The van der Waals surface area contributed by atoms with Gasteiger partial charge in [-0.25, -0.2) is 4.79 Å². The van der Waals surface area contributed by atoms with E-state index >= 15 is 0 Å². The standard InChI is InChI=1S/C18H17BrClNO5/c1-10-13(6-5-12(19)17(10)20)21-16(22)9-26-18(23)11-4-7-14(24-2)15(8-11)25-3/h4-8H,9H2,1-3H3,(H,21,22). The van der Waals surface area contributed by atoms with Crippen LogP contribution in [0.2, 0.25) is 5.02 Å². The summed E-state index contributed by atoms with van der Waals surface area (Å²) in [5.74, 6) is -0.233. The van der Waals surface area contributed by atoms with Crippen LogP contribution in [-0.2, 0) is 9.53 Å². The number of carbonyl (C=O) groups is 2. The summed E-state index contributed by atoms with van der Waals surface area (Å²) in [5.41, 5.74) is 1.50. The molecule has 0 spiro atoms. The number of amides is 1. The van der Waals surface area contributed by atoms with Gasteiger partial charge in [0.2, 0.25) is 0 Å². The van der Waals surface area contributed by atoms with Gasteiger partial charge in [-0.3, -0.25) is 4.79 Å². The summed E-state index contributed by atoms with van der Waals surface area (Å²) in [5, 5.41) is 3.16. The molecule has 0 aliphatic carbocycles. The highest BCUT2D eigenvalue weighted by Crippen LogP contribution is 2.31. The molecule has 0 saturated heterocycles. The third-order valence-electron chi connectivity index (χ3n) is 3.57. The number of esters is 1. The molecule has 0 saturated carbocycles. The number of halogens is 2. The van der Waals surface area contributed by atoms with E-state index in [9.17, 15) is 9.59 Å². The largest absolute Gasteiger partial charge is 0.493 e. The van der Waals surface area contributed by atoms with Crippen LogP contribution >= 0.6 is 27.5 Å². The second-order valence-electron chi connectivity index (χ2n) is 5.23. The zero-order valence-corrected chi connectivity index (χ0v) is 16.7. The molecule has 1 N–H and O–H groups in total. The number of carbonyl (C=O) groups excluding carboxylic acids is 2. The number of methoxy groups -OCH3 is 2. The van der Waals surface area contributed by atoms with E-state index in [0.717, 1.165) is 4.47 Å². The molecule has 26 heavy (non-hydrogen) atoms. The Kier molecular flexibility index (Phi) is 6.88. The van der Waals surface area contributed by atoms with Gasteiger partial charge in [-0.15, -0.1) is 0 Å². The van der Waals surface area contributed by atoms with E-state index in [1.54, 1.807) is 25.1 Å². The molecule has 0 atom stereocenters. The lowest BCUT2D eigenvalue weighted by Gasteiger charge is -2.12. The van der Waals surface area contributed by atoms with Crippen LogP contribution in [0.25, 0.3) is 0 Å². The maximum atomic E-state index is 12.1. The lowest BCUT2D eigenvalue weighted by molar-refractivity contribution is -0.119. The Hall–Kier alpha value is -2.25. The van der Waals surface area contributed by atoms with Gasteiger partial charge in [0.25, 0.3) is 5.91 Å². The van der Waals surface area contributed by atoms with Crippen LogP contribution in [0.5, 0.6) is 11.5 Å². The highest BCUT2D eigenvalue weighted by atomic mass is 79.9. The first-order chi connectivity index (χ1) is 12.4. The Labute approximate surface area is 164 Å². The summed E-state index contributed by atoms with van der Waals surface area (Å²) in [7, 11) is 2.96. The smallest absolute Gasteiger partial charge is 0.338 e. The number of benzene rings is 2. The number of hydrogen-bond donors (Lipinski definition) is 1. The zero-order valence-electron chi connectivity index (χ0n) is 14.4. The fraction of sp³-hybridized carbons (Fsp3) is 0.222. The second kappa shape index (κ2) is 8.91. The summed E-state index contributed by atoms with van der Waals surface area (Å²) in [4.78, 5) is 24.1. The molecule has 1 amide bonds. The van der Waals surface area contributed by atoms with Gasteiger partial charge in [0.1, 0.15) is 0 Å². The van der Waals surface area contributed by atoms with E-state index < -0.39 is 18.5 Å². The highest BCUT2D eigenvalue weighted by molar-refractivity contribution is 9.10. The van der Waals surface area contributed by atoms with Crippen LogP contribution in [-0.4, -0.2) is 32.7 Å². The van der Waals surface area contributed by atoms with Gasteiger partial charge in [-0.2, -0.15) is 0 Å². The van der Waals surface area contributed by atoms with Gasteiger partial charge in [0.15, 0.2) is 18.1 Å². The monoisotopic (exact) mass is 441 g/mol. The van der Waals surface area contributed by atoms with Crippen molar-refractivity contribution in [2.75, 3.05) is 26.1 Å². The van der Waals surface area contributed by atoms with E-state index in [0.29, 0.717) is 27.8 Å². The van der Waals surface area contributed by atoms with Gasteiger partial charge >= 0.3 is 5.97 Å².